The Hall–Kier alpha value is -1.91. The highest BCUT2D eigenvalue weighted by atomic mass is 28.3. The average Bonchev–Trinajstić information content (AvgIpc) is 3.46. The van der Waals surface area contributed by atoms with Gasteiger partial charge in [0.2, 0.25) is 0 Å². The Morgan fingerprint density at radius 2 is 1.21 bits per heavy atom. The number of benzene rings is 2. The van der Waals surface area contributed by atoms with Gasteiger partial charge in [0.1, 0.15) is 13.5 Å². The van der Waals surface area contributed by atoms with Gasteiger partial charge in [-0.1, -0.05) is 102 Å². The molecule has 0 N–H and O–H groups in total. The van der Waals surface area contributed by atoms with Crippen LogP contribution in [0.1, 0.15) is 13.8 Å². The van der Waals surface area contributed by atoms with Gasteiger partial charge in [-0.2, -0.15) is 0 Å². The summed E-state index contributed by atoms with van der Waals surface area (Å²) in [6.07, 6.45) is 2.10. The molecule has 214 valence electrons. The largest absolute Gasteiger partial charge is 0.361 e. The summed E-state index contributed by atoms with van der Waals surface area (Å²) >= 11 is 0. The molecule has 0 saturated heterocycles. The van der Waals surface area contributed by atoms with Crippen LogP contribution in [0, 0.1) is 0 Å². The van der Waals surface area contributed by atoms with Crippen molar-refractivity contribution in [2.75, 3.05) is 13.2 Å². The van der Waals surface area contributed by atoms with E-state index in [1.54, 1.807) is 5.32 Å². The number of fused-ring (bicyclic) bond motifs is 2. The van der Waals surface area contributed by atoms with Crippen LogP contribution in [0.3, 0.4) is 0 Å². The zero-order valence-corrected chi connectivity index (χ0v) is 29.0. The van der Waals surface area contributed by atoms with E-state index >= 15 is 0 Å². The topological polar surface area (TPSA) is 28.3 Å². The average molecular weight is 581 g/mol. The summed E-state index contributed by atoms with van der Waals surface area (Å²) in [5.41, 5.74) is 2.59. The van der Waals surface area contributed by atoms with E-state index in [-0.39, 0.29) is 0 Å². The Morgan fingerprint density at radius 3 is 1.79 bits per heavy atom. The third-order valence-corrected chi connectivity index (χ3v) is 14.1. The van der Waals surface area contributed by atoms with Gasteiger partial charge >= 0.3 is 0 Å². The zero-order valence-electron chi connectivity index (χ0n) is 25.8. The molecule has 0 aliphatic heterocycles. The molecule has 7 heteroatoms. The molecule has 0 amide bonds. The maximum atomic E-state index is 6.06. The predicted octanol–water partition coefficient (Wildman–Crippen LogP) is 8.38. The summed E-state index contributed by atoms with van der Waals surface area (Å²) in [5.74, 6) is 0. The lowest BCUT2D eigenvalue weighted by Gasteiger charge is -2.19. The molecule has 0 atom stereocenters. The Labute approximate surface area is 241 Å². The van der Waals surface area contributed by atoms with Crippen molar-refractivity contribution in [1.29, 1.82) is 0 Å². The van der Waals surface area contributed by atoms with Gasteiger partial charge in [0.05, 0.1) is 8.80 Å². The molecule has 0 spiro atoms. The van der Waals surface area contributed by atoms with Crippen LogP contribution < -0.4 is 5.32 Å². The molecular weight excluding hydrogens is 529 g/mol. The molecule has 0 saturated carbocycles. The number of para-hydroxylation sites is 2. The van der Waals surface area contributed by atoms with E-state index in [4.69, 9.17) is 9.47 Å². The maximum Gasteiger partial charge on any atom is 0.122 e. The molecule has 4 aromatic rings. The summed E-state index contributed by atoms with van der Waals surface area (Å²) in [7, 11) is -2.83. The molecule has 0 aliphatic rings. The number of hydrogen-bond donors (Lipinski definition) is 0. The first-order valence-corrected chi connectivity index (χ1v) is 24.4. The van der Waals surface area contributed by atoms with Gasteiger partial charge < -0.3 is 18.6 Å². The van der Waals surface area contributed by atoms with Crippen molar-refractivity contribution in [3.8, 4) is 0 Å². The number of ether oxygens (including phenoxy) is 2. The second kappa shape index (κ2) is 14.6. The van der Waals surface area contributed by atoms with E-state index in [0.29, 0.717) is 6.73 Å². The van der Waals surface area contributed by atoms with E-state index < -0.39 is 24.9 Å². The standard InChI is InChI=1S/C18H31NOSi2.C14H21NOSi/c1-6-21(7-2)18-14-16-10-8-9-11-17(16)19(18)15-20-12-13-22(3,4)5;1-17(2,3)11-10-16-12-15-9-8-13-6-4-5-7-14(13)15/h8-11,14,21H,6-7,12-13,15H2,1-5H3;4-9H,10-12H2,1-3H3. The van der Waals surface area contributed by atoms with Crippen LogP contribution >= 0.6 is 0 Å². The van der Waals surface area contributed by atoms with Crippen LogP contribution in [0.5, 0.6) is 0 Å². The van der Waals surface area contributed by atoms with E-state index in [0.717, 1.165) is 19.9 Å². The third-order valence-electron chi connectivity index (χ3n) is 7.37. The number of hydrogen-bond acceptors (Lipinski definition) is 2. The first-order valence-electron chi connectivity index (χ1n) is 14.8. The lowest BCUT2D eigenvalue weighted by atomic mass is 10.2. The van der Waals surface area contributed by atoms with Gasteiger partial charge in [-0.05, 0) is 47.1 Å². The summed E-state index contributed by atoms with van der Waals surface area (Å²) in [6, 6.07) is 26.8. The van der Waals surface area contributed by atoms with E-state index in [9.17, 15) is 0 Å². The maximum absolute atomic E-state index is 6.06. The van der Waals surface area contributed by atoms with Crippen molar-refractivity contribution in [3.05, 3.63) is 66.9 Å². The second-order valence-corrected chi connectivity index (χ2v) is 28.0. The van der Waals surface area contributed by atoms with Crippen molar-refractivity contribution in [3.63, 3.8) is 0 Å². The van der Waals surface area contributed by atoms with Gasteiger partial charge in [0.15, 0.2) is 0 Å². The van der Waals surface area contributed by atoms with Crippen LogP contribution in [-0.2, 0) is 22.9 Å². The summed E-state index contributed by atoms with van der Waals surface area (Å²) in [4.78, 5) is 0. The van der Waals surface area contributed by atoms with Crippen molar-refractivity contribution >= 4 is 52.1 Å². The Balaban J connectivity index is 0.000000223. The highest BCUT2D eigenvalue weighted by molar-refractivity contribution is 6.76. The fourth-order valence-corrected chi connectivity index (χ4v) is 8.75. The lowest BCUT2D eigenvalue weighted by Crippen LogP contribution is -2.35. The van der Waals surface area contributed by atoms with Crippen molar-refractivity contribution < 1.29 is 9.47 Å². The van der Waals surface area contributed by atoms with Gasteiger partial charge in [-0.15, -0.1) is 0 Å². The van der Waals surface area contributed by atoms with Crippen LogP contribution in [-0.4, -0.2) is 47.3 Å². The molecular formula is C32H52N2O2Si3. The molecule has 0 bridgehead atoms. The minimum atomic E-state index is -1.01. The quantitative estimate of drug-likeness (QED) is 0.117. The van der Waals surface area contributed by atoms with Gasteiger partial charge in [-0.25, -0.2) is 0 Å². The van der Waals surface area contributed by atoms with Crippen LogP contribution in [0.4, 0.5) is 0 Å². The summed E-state index contributed by atoms with van der Waals surface area (Å²) < 4.78 is 16.4. The van der Waals surface area contributed by atoms with Crippen molar-refractivity contribution in [2.24, 2.45) is 0 Å². The smallest absolute Gasteiger partial charge is 0.122 e. The minimum Gasteiger partial charge on any atom is -0.361 e. The fourth-order valence-electron chi connectivity index (χ4n) is 4.75. The number of nitrogens with zero attached hydrogens (tertiary/aromatic N) is 2. The summed E-state index contributed by atoms with van der Waals surface area (Å²) in [6.45, 7) is 22.2. The molecule has 0 unspecified atom stereocenters. The van der Waals surface area contributed by atoms with E-state index in [1.165, 1.54) is 46.0 Å². The van der Waals surface area contributed by atoms with Crippen LogP contribution in [0.2, 0.25) is 63.5 Å². The zero-order chi connectivity index (χ0) is 28.5. The Kier molecular flexibility index (Phi) is 11.9. The van der Waals surface area contributed by atoms with E-state index in [2.05, 4.69) is 129 Å². The Bertz CT molecular complexity index is 1280. The molecule has 4 nitrogen and oxygen atoms in total. The molecule has 2 aromatic heterocycles. The predicted molar refractivity (Wildman–Crippen MR) is 180 cm³/mol. The first kappa shape index (κ1) is 31.6. The normalized spacial score (nSPS) is 12.3. The Morgan fingerprint density at radius 1 is 0.667 bits per heavy atom. The first-order chi connectivity index (χ1) is 18.5. The third kappa shape index (κ3) is 9.90. The summed E-state index contributed by atoms with van der Waals surface area (Å²) in [5, 5.41) is 4.21. The molecule has 2 aromatic carbocycles. The molecule has 0 radical (unpaired) electrons. The molecule has 0 aliphatic carbocycles. The highest BCUT2D eigenvalue weighted by Crippen LogP contribution is 2.18. The molecule has 0 fully saturated rings. The molecule has 39 heavy (non-hydrogen) atoms. The highest BCUT2D eigenvalue weighted by Gasteiger charge is 2.18. The minimum absolute atomic E-state index is 0.665. The number of rotatable bonds is 13. The monoisotopic (exact) mass is 580 g/mol. The van der Waals surface area contributed by atoms with Gasteiger partial charge in [0, 0.05) is 51.9 Å². The molecule has 4 rings (SSSR count). The second-order valence-electron chi connectivity index (χ2n) is 13.1. The van der Waals surface area contributed by atoms with Crippen molar-refractivity contribution in [1.82, 2.24) is 9.13 Å². The van der Waals surface area contributed by atoms with E-state index in [1.807, 2.05) is 0 Å². The molecule has 2 heterocycles. The SMILES string of the molecule is CC[SiH](CC)c1cc2ccccc2n1COCC[Si](C)(C)C.C[Si](C)(C)CCOCn1ccc2ccccc21. The number of aromatic nitrogens is 2. The van der Waals surface area contributed by atoms with Crippen LogP contribution in [0.15, 0.2) is 66.9 Å². The lowest BCUT2D eigenvalue weighted by molar-refractivity contribution is 0.0902. The van der Waals surface area contributed by atoms with Gasteiger partial charge in [0.25, 0.3) is 0 Å². The van der Waals surface area contributed by atoms with Crippen LogP contribution in [0.25, 0.3) is 21.8 Å². The fraction of sp³-hybridized carbons (Fsp3) is 0.500. The van der Waals surface area contributed by atoms with Crippen molar-refractivity contribution in [2.45, 2.75) is 90.8 Å². The van der Waals surface area contributed by atoms with Gasteiger partial charge in [-0.3, -0.25) is 0 Å².